The van der Waals surface area contributed by atoms with Gasteiger partial charge in [0.1, 0.15) is 6.04 Å². The lowest BCUT2D eigenvalue weighted by Crippen LogP contribution is -2.31. The Morgan fingerprint density at radius 2 is 1.80 bits per heavy atom. The van der Waals surface area contributed by atoms with Crippen molar-refractivity contribution in [3.8, 4) is 5.69 Å². The van der Waals surface area contributed by atoms with Crippen molar-refractivity contribution in [1.29, 1.82) is 0 Å². The van der Waals surface area contributed by atoms with E-state index in [1.54, 1.807) is 29.3 Å². The third-order valence-corrected chi connectivity index (χ3v) is 2.88. The minimum Gasteiger partial charge on any atom is -0.270 e. The summed E-state index contributed by atoms with van der Waals surface area (Å²) in [6.07, 6.45) is 4.99. The van der Waals surface area contributed by atoms with E-state index in [1.807, 2.05) is 30.3 Å². The van der Waals surface area contributed by atoms with Gasteiger partial charge in [-0.2, -0.15) is 0 Å². The molecule has 100 valence electrons. The smallest absolute Gasteiger partial charge is 0.152 e. The third-order valence-electron chi connectivity index (χ3n) is 2.88. The van der Waals surface area contributed by atoms with Gasteiger partial charge in [-0.3, -0.25) is 5.84 Å². The first-order valence-corrected chi connectivity index (χ1v) is 6.09. The number of hydrogen-bond acceptors (Lipinski definition) is 6. The number of hydrazine groups is 1. The lowest BCUT2D eigenvalue weighted by atomic mass is 10.2. The molecule has 3 aromatic rings. The Hall–Kier alpha value is -2.64. The maximum Gasteiger partial charge on any atom is 0.152 e. The Morgan fingerprint density at radius 3 is 2.50 bits per heavy atom. The molecule has 0 radical (unpaired) electrons. The van der Waals surface area contributed by atoms with Crippen LogP contribution in [0.3, 0.4) is 0 Å². The van der Waals surface area contributed by atoms with Crippen LogP contribution in [0.2, 0.25) is 0 Å². The minimum absolute atomic E-state index is 0.383. The first-order chi connectivity index (χ1) is 9.90. The molecule has 3 rings (SSSR count). The first-order valence-electron chi connectivity index (χ1n) is 6.09. The van der Waals surface area contributed by atoms with Gasteiger partial charge < -0.3 is 0 Å². The molecule has 20 heavy (non-hydrogen) atoms. The van der Waals surface area contributed by atoms with Crippen LogP contribution in [0.15, 0.2) is 55.0 Å². The number of nitrogens with one attached hydrogen (secondary N) is 1. The Balaban J connectivity index is 2.04. The lowest BCUT2D eigenvalue weighted by Gasteiger charge is -2.15. The van der Waals surface area contributed by atoms with Crippen LogP contribution in [-0.4, -0.2) is 25.0 Å². The summed E-state index contributed by atoms with van der Waals surface area (Å²) >= 11 is 0. The average molecular weight is 267 g/mol. The molecule has 7 heteroatoms. The summed E-state index contributed by atoms with van der Waals surface area (Å²) in [6.45, 7) is 0. The average Bonchev–Trinajstić information content (AvgIpc) is 2.99. The number of nitrogens with zero attached hydrogens (tertiary/aromatic N) is 5. The predicted molar refractivity (Wildman–Crippen MR) is 72.6 cm³/mol. The highest BCUT2D eigenvalue weighted by atomic mass is 15.4. The van der Waals surface area contributed by atoms with Crippen molar-refractivity contribution in [2.24, 2.45) is 5.84 Å². The van der Waals surface area contributed by atoms with E-state index >= 15 is 0 Å². The van der Waals surface area contributed by atoms with Crippen LogP contribution in [0.4, 0.5) is 0 Å². The van der Waals surface area contributed by atoms with E-state index in [2.05, 4.69) is 25.7 Å². The summed E-state index contributed by atoms with van der Waals surface area (Å²) in [7, 11) is 0. The Kier molecular flexibility index (Phi) is 3.44. The largest absolute Gasteiger partial charge is 0.270 e. The quantitative estimate of drug-likeness (QED) is 0.531. The standard InChI is InChI=1S/C13H13N7/c14-18-12(13-15-7-4-8-16-13)11-9-17-19-20(11)10-5-2-1-3-6-10/h1-9,12,18H,14H2. The van der Waals surface area contributed by atoms with E-state index in [9.17, 15) is 0 Å². The monoisotopic (exact) mass is 267 g/mol. The fourth-order valence-corrected chi connectivity index (χ4v) is 1.96. The van der Waals surface area contributed by atoms with Crippen molar-refractivity contribution in [3.05, 3.63) is 66.5 Å². The number of para-hydroxylation sites is 1. The normalized spacial score (nSPS) is 12.2. The minimum atomic E-state index is -0.383. The zero-order valence-corrected chi connectivity index (χ0v) is 10.6. The van der Waals surface area contributed by atoms with Gasteiger partial charge in [0.15, 0.2) is 5.82 Å². The van der Waals surface area contributed by atoms with Crippen LogP contribution in [0.25, 0.3) is 5.69 Å². The fraction of sp³-hybridized carbons (Fsp3) is 0.0769. The molecule has 3 N–H and O–H groups in total. The van der Waals surface area contributed by atoms with E-state index < -0.39 is 0 Å². The van der Waals surface area contributed by atoms with E-state index in [4.69, 9.17) is 5.84 Å². The zero-order chi connectivity index (χ0) is 13.8. The summed E-state index contributed by atoms with van der Waals surface area (Å²) in [5.41, 5.74) is 4.37. The number of rotatable bonds is 4. The summed E-state index contributed by atoms with van der Waals surface area (Å²) in [6, 6.07) is 11.1. The van der Waals surface area contributed by atoms with Gasteiger partial charge >= 0.3 is 0 Å². The fourth-order valence-electron chi connectivity index (χ4n) is 1.96. The van der Waals surface area contributed by atoms with Gasteiger partial charge in [0.25, 0.3) is 0 Å². The second-order valence-electron chi connectivity index (χ2n) is 4.11. The highest BCUT2D eigenvalue weighted by molar-refractivity contribution is 5.33. The predicted octanol–water partition coefficient (Wildman–Crippen LogP) is 0.610. The Morgan fingerprint density at radius 1 is 1.05 bits per heavy atom. The number of hydrogen-bond donors (Lipinski definition) is 2. The van der Waals surface area contributed by atoms with Gasteiger partial charge in [-0.1, -0.05) is 23.4 Å². The SMILES string of the molecule is NNC(c1ncccn1)c1cnnn1-c1ccccc1. The summed E-state index contributed by atoms with van der Waals surface area (Å²) in [5.74, 6) is 6.21. The molecule has 0 fully saturated rings. The molecule has 0 aliphatic heterocycles. The van der Waals surface area contributed by atoms with E-state index in [1.165, 1.54) is 0 Å². The first kappa shape index (κ1) is 12.4. The maximum absolute atomic E-state index is 5.64. The van der Waals surface area contributed by atoms with E-state index in [0.717, 1.165) is 11.4 Å². The topological polar surface area (TPSA) is 94.5 Å². The molecular formula is C13H13N7. The van der Waals surface area contributed by atoms with Gasteiger partial charge in [-0.25, -0.2) is 20.1 Å². The highest BCUT2D eigenvalue weighted by Gasteiger charge is 2.20. The van der Waals surface area contributed by atoms with Crippen LogP contribution < -0.4 is 11.3 Å². The van der Waals surface area contributed by atoms with Crippen LogP contribution in [-0.2, 0) is 0 Å². The van der Waals surface area contributed by atoms with Crippen molar-refractivity contribution < 1.29 is 0 Å². The molecule has 1 aromatic carbocycles. The summed E-state index contributed by atoms with van der Waals surface area (Å²) < 4.78 is 1.71. The summed E-state index contributed by atoms with van der Waals surface area (Å²) in [4.78, 5) is 8.44. The van der Waals surface area contributed by atoms with Gasteiger partial charge in [0.2, 0.25) is 0 Å². The summed E-state index contributed by atoms with van der Waals surface area (Å²) in [5, 5.41) is 8.05. The molecule has 0 aliphatic rings. The van der Waals surface area contributed by atoms with Crippen molar-refractivity contribution in [3.63, 3.8) is 0 Å². The van der Waals surface area contributed by atoms with Gasteiger partial charge in [0.05, 0.1) is 17.6 Å². The Labute approximate surface area is 115 Å². The van der Waals surface area contributed by atoms with Crippen molar-refractivity contribution in [1.82, 2.24) is 30.4 Å². The van der Waals surface area contributed by atoms with Crippen molar-refractivity contribution in [2.75, 3.05) is 0 Å². The number of aromatic nitrogens is 5. The third kappa shape index (κ3) is 2.27. The number of nitrogens with two attached hydrogens (primary N) is 1. The van der Waals surface area contributed by atoms with Crippen LogP contribution in [0.5, 0.6) is 0 Å². The molecule has 0 bridgehead atoms. The van der Waals surface area contributed by atoms with Crippen LogP contribution >= 0.6 is 0 Å². The molecule has 0 aliphatic carbocycles. The zero-order valence-electron chi connectivity index (χ0n) is 10.6. The highest BCUT2D eigenvalue weighted by Crippen LogP contribution is 2.19. The second kappa shape index (κ2) is 5.55. The molecule has 1 atom stereocenters. The van der Waals surface area contributed by atoms with Crippen molar-refractivity contribution in [2.45, 2.75) is 6.04 Å². The molecule has 2 heterocycles. The lowest BCUT2D eigenvalue weighted by molar-refractivity contribution is 0.567. The molecule has 7 nitrogen and oxygen atoms in total. The number of benzene rings is 1. The van der Waals surface area contributed by atoms with E-state index in [-0.39, 0.29) is 6.04 Å². The maximum atomic E-state index is 5.64. The molecule has 0 spiro atoms. The van der Waals surface area contributed by atoms with Gasteiger partial charge in [-0.05, 0) is 18.2 Å². The second-order valence-corrected chi connectivity index (χ2v) is 4.11. The van der Waals surface area contributed by atoms with E-state index in [0.29, 0.717) is 5.82 Å². The van der Waals surface area contributed by atoms with Crippen LogP contribution in [0.1, 0.15) is 17.6 Å². The molecule has 0 amide bonds. The molecule has 0 saturated heterocycles. The molecular weight excluding hydrogens is 254 g/mol. The van der Waals surface area contributed by atoms with Gasteiger partial charge in [0, 0.05) is 12.4 Å². The van der Waals surface area contributed by atoms with Gasteiger partial charge in [-0.15, -0.1) is 5.10 Å². The molecule has 1 unspecified atom stereocenters. The van der Waals surface area contributed by atoms with Crippen molar-refractivity contribution >= 4 is 0 Å². The molecule has 0 saturated carbocycles. The Bertz CT molecular complexity index is 665. The molecule has 2 aromatic heterocycles. The van der Waals surface area contributed by atoms with Crippen LogP contribution in [0, 0.1) is 0 Å².